The lowest BCUT2D eigenvalue weighted by Crippen LogP contribution is -2.10. The molecule has 0 fully saturated rings. The van der Waals surface area contributed by atoms with E-state index in [0.717, 1.165) is 18.7 Å². The first-order chi connectivity index (χ1) is 10.7. The van der Waals surface area contributed by atoms with E-state index in [0.29, 0.717) is 29.1 Å². The zero-order valence-corrected chi connectivity index (χ0v) is 13.2. The van der Waals surface area contributed by atoms with E-state index in [4.69, 9.17) is 0 Å². The van der Waals surface area contributed by atoms with Crippen molar-refractivity contribution in [2.45, 2.75) is 26.9 Å². The molecule has 0 saturated heterocycles. The largest absolute Gasteiger partial charge is 0.416 e. The van der Waals surface area contributed by atoms with Crippen LogP contribution in [0.5, 0.6) is 0 Å². The summed E-state index contributed by atoms with van der Waals surface area (Å²) in [6.45, 7) is 6.63. The number of aromatic nitrogens is 2. The van der Waals surface area contributed by atoms with E-state index in [1.165, 1.54) is 6.07 Å². The summed E-state index contributed by atoms with van der Waals surface area (Å²) in [4.78, 5) is 8.47. The topological polar surface area (TPSA) is 49.8 Å². The highest BCUT2D eigenvalue weighted by Gasteiger charge is 2.30. The van der Waals surface area contributed by atoms with Crippen LogP contribution in [-0.2, 0) is 6.18 Å². The Morgan fingerprint density at radius 2 is 1.78 bits per heavy atom. The number of hydrogen-bond acceptors (Lipinski definition) is 4. The monoisotopic (exact) mass is 324 g/mol. The van der Waals surface area contributed by atoms with Crippen molar-refractivity contribution >= 4 is 17.3 Å². The summed E-state index contributed by atoms with van der Waals surface area (Å²) in [5.41, 5.74) is -0.376. The summed E-state index contributed by atoms with van der Waals surface area (Å²) in [6, 6.07) is 6.69. The minimum Gasteiger partial charge on any atom is -0.370 e. The highest BCUT2D eigenvalue weighted by atomic mass is 19.4. The Balaban J connectivity index is 2.20. The molecule has 0 spiro atoms. The third-order valence-corrected chi connectivity index (χ3v) is 2.99. The maximum absolute atomic E-state index is 12.7. The molecule has 7 heteroatoms. The molecular formula is C16H19F3N4. The van der Waals surface area contributed by atoms with E-state index < -0.39 is 11.7 Å². The van der Waals surface area contributed by atoms with E-state index in [1.807, 2.05) is 0 Å². The fraction of sp³-hybridized carbons (Fsp3) is 0.375. The van der Waals surface area contributed by atoms with Crippen LogP contribution in [0.15, 0.2) is 30.3 Å². The van der Waals surface area contributed by atoms with Crippen molar-refractivity contribution in [2.24, 2.45) is 5.92 Å². The van der Waals surface area contributed by atoms with Gasteiger partial charge in [0, 0.05) is 18.3 Å². The van der Waals surface area contributed by atoms with Gasteiger partial charge in [0.25, 0.3) is 0 Å². The van der Waals surface area contributed by atoms with Crippen molar-refractivity contribution in [3.63, 3.8) is 0 Å². The Morgan fingerprint density at radius 1 is 1.09 bits per heavy atom. The number of rotatable bonds is 5. The Morgan fingerprint density at radius 3 is 2.43 bits per heavy atom. The van der Waals surface area contributed by atoms with E-state index in [1.54, 1.807) is 19.1 Å². The summed E-state index contributed by atoms with van der Waals surface area (Å²) in [7, 11) is 0. The number of anilines is 3. The first-order valence-corrected chi connectivity index (χ1v) is 7.28. The molecule has 1 aromatic heterocycles. The van der Waals surface area contributed by atoms with Gasteiger partial charge in [-0.1, -0.05) is 19.9 Å². The first-order valence-electron chi connectivity index (χ1n) is 7.28. The van der Waals surface area contributed by atoms with Crippen molar-refractivity contribution in [3.8, 4) is 0 Å². The van der Waals surface area contributed by atoms with Crippen LogP contribution >= 0.6 is 0 Å². The second-order valence-corrected chi connectivity index (χ2v) is 5.66. The van der Waals surface area contributed by atoms with Gasteiger partial charge in [-0.05, 0) is 31.0 Å². The Hall–Kier alpha value is -2.31. The second-order valence-electron chi connectivity index (χ2n) is 5.66. The van der Waals surface area contributed by atoms with E-state index in [9.17, 15) is 13.2 Å². The van der Waals surface area contributed by atoms with Crippen LogP contribution < -0.4 is 10.6 Å². The lowest BCUT2D eigenvalue weighted by Gasteiger charge is -2.13. The quantitative estimate of drug-likeness (QED) is 0.843. The van der Waals surface area contributed by atoms with Gasteiger partial charge in [0.05, 0.1) is 5.56 Å². The molecule has 2 aromatic rings. The molecule has 0 aliphatic heterocycles. The normalized spacial score (nSPS) is 11.6. The number of benzene rings is 1. The molecule has 0 unspecified atom stereocenters. The predicted molar refractivity (Wildman–Crippen MR) is 84.8 cm³/mol. The van der Waals surface area contributed by atoms with Gasteiger partial charge < -0.3 is 10.6 Å². The van der Waals surface area contributed by atoms with Gasteiger partial charge in [-0.25, -0.2) is 9.97 Å². The second kappa shape index (κ2) is 6.85. The highest BCUT2D eigenvalue weighted by molar-refractivity contribution is 5.60. The van der Waals surface area contributed by atoms with Crippen molar-refractivity contribution in [2.75, 3.05) is 17.2 Å². The predicted octanol–water partition coefficient (Wildman–Crippen LogP) is 4.62. The molecule has 0 amide bonds. The summed E-state index contributed by atoms with van der Waals surface area (Å²) >= 11 is 0. The number of halogens is 3. The van der Waals surface area contributed by atoms with Crippen LogP contribution in [0.2, 0.25) is 0 Å². The van der Waals surface area contributed by atoms with Gasteiger partial charge in [-0.2, -0.15) is 13.2 Å². The summed E-state index contributed by atoms with van der Waals surface area (Å²) in [5, 5.41) is 6.07. The summed E-state index contributed by atoms with van der Waals surface area (Å²) in [6.07, 6.45) is -4.37. The van der Waals surface area contributed by atoms with Crippen molar-refractivity contribution in [1.82, 2.24) is 9.97 Å². The molecule has 2 N–H and O–H groups in total. The zero-order chi connectivity index (χ0) is 17.0. The Bertz CT molecular complexity index is 669. The summed E-state index contributed by atoms with van der Waals surface area (Å²) < 4.78 is 38.2. The minimum absolute atomic E-state index is 0.327. The maximum atomic E-state index is 12.7. The Labute approximate surface area is 133 Å². The van der Waals surface area contributed by atoms with Crippen molar-refractivity contribution in [1.29, 1.82) is 0 Å². The smallest absolute Gasteiger partial charge is 0.370 e. The molecular weight excluding hydrogens is 305 g/mol. The molecule has 0 saturated carbocycles. The van der Waals surface area contributed by atoms with E-state index in [-0.39, 0.29) is 0 Å². The van der Waals surface area contributed by atoms with Gasteiger partial charge in [0.15, 0.2) is 0 Å². The van der Waals surface area contributed by atoms with Crippen LogP contribution in [0.1, 0.15) is 25.2 Å². The average Bonchev–Trinajstić information content (AvgIpc) is 2.44. The lowest BCUT2D eigenvalue weighted by molar-refractivity contribution is -0.137. The van der Waals surface area contributed by atoms with Crippen LogP contribution in [0, 0.1) is 12.8 Å². The molecule has 23 heavy (non-hydrogen) atoms. The Kier molecular flexibility index (Phi) is 5.08. The van der Waals surface area contributed by atoms with Gasteiger partial charge in [-0.3, -0.25) is 0 Å². The molecule has 4 nitrogen and oxygen atoms in total. The van der Waals surface area contributed by atoms with E-state index in [2.05, 4.69) is 34.4 Å². The molecule has 0 bridgehead atoms. The van der Waals surface area contributed by atoms with Gasteiger partial charge in [-0.15, -0.1) is 0 Å². The molecule has 124 valence electrons. The van der Waals surface area contributed by atoms with Crippen molar-refractivity contribution < 1.29 is 13.2 Å². The highest BCUT2D eigenvalue weighted by Crippen LogP contribution is 2.31. The third kappa shape index (κ3) is 5.12. The van der Waals surface area contributed by atoms with Crippen LogP contribution in [0.3, 0.4) is 0 Å². The number of nitrogens with one attached hydrogen (secondary N) is 2. The number of nitrogens with zero attached hydrogens (tertiary/aromatic N) is 2. The average molecular weight is 324 g/mol. The third-order valence-electron chi connectivity index (χ3n) is 2.99. The van der Waals surface area contributed by atoms with Gasteiger partial charge in [0.2, 0.25) is 0 Å². The van der Waals surface area contributed by atoms with Gasteiger partial charge in [0.1, 0.15) is 17.5 Å². The molecule has 0 aliphatic carbocycles. The number of hydrogen-bond donors (Lipinski definition) is 2. The zero-order valence-electron chi connectivity index (χ0n) is 13.2. The summed E-state index contributed by atoms with van der Waals surface area (Å²) in [5.74, 6) is 2.07. The van der Waals surface area contributed by atoms with Gasteiger partial charge >= 0.3 is 6.18 Å². The fourth-order valence-electron chi connectivity index (χ4n) is 1.95. The SMILES string of the molecule is Cc1nc(NCC(C)C)cc(Nc2cccc(C(F)(F)F)c2)n1. The maximum Gasteiger partial charge on any atom is 0.416 e. The fourth-order valence-corrected chi connectivity index (χ4v) is 1.95. The lowest BCUT2D eigenvalue weighted by atomic mass is 10.2. The molecule has 0 aliphatic rings. The van der Waals surface area contributed by atoms with E-state index >= 15 is 0 Å². The van der Waals surface area contributed by atoms with Crippen LogP contribution in [0.4, 0.5) is 30.5 Å². The van der Waals surface area contributed by atoms with Crippen LogP contribution in [-0.4, -0.2) is 16.5 Å². The molecule has 0 atom stereocenters. The van der Waals surface area contributed by atoms with Crippen LogP contribution in [0.25, 0.3) is 0 Å². The number of aryl methyl sites for hydroxylation is 1. The molecule has 0 radical (unpaired) electrons. The molecule has 1 heterocycles. The standard InChI is InChI=1S/C16H19F3N4/c1-10(2)9-20-14-8-15(22-11(3)21-14)23-13-6-4-5-12(7-13)16(17,18)19/h4-8,10H,9H2,1-3H3,(H2,20,21,22,23). The number of alkyl halides is 3. The van der Waals surface area contributed by atoms with Crippen molar-refractivity contribution in [3.05, 3.63) is 41.7 Å². The first kappa shape index (κ1) is 17.1. The molecule has 1 aromatic carbocycles. The minimum atomic E-state index is -4.37. The molecule has 2 rings (SSSR count).